The number of amides is 1. The predicted octanol–water partition coefficient (Wildman–Crippen LogP) is 2.90. The van der Waals surface area contributed by atoms with Gasteiger partial charge in [0.05, 0.1) is 24.1 Å². The van der Waals surface area contributed by atoms with Crippen LogP contribution in [0.15, 0.2) is 18.2 Å². The molecular formula is C17H22Cl2N2O4. The Bertz CT molecular complexity index is 670. The van der Waals surface area contributed by atoms with Crippen molar-refractivity contribution in [2.75, 3.05) is 32.1 Å². The van der Waals surface area contributed by atoms with Crippen molar-refractivity contribution in [3.8, 4) is 5.75 Å². The summed E-state index contributed by atoms with van der Waals surface area (Å²) in [7, 11) is 1.53. The number of rotatable bonds is 5. The smallest absolute Gasteiger partial charge is 0.311 e. The van der Waals surface area contributed by atoms with E-state index in [4.69, 9.17) is 16.3 Å². The van der Waals surface area contributed by atoms with Crippen LogP contribution in [0.2, 0.25) is 5.02 Å². The third-order valence-corrected chi connectivity index (χ3v) is 5.47. The summed E-state index contributed by atoms with van der Waals surface area (Å²) in [5.41, 5.74) is -0.0675. The highest BCUT2D eigenvalue weighted by Gasteiger charge is 2.54. The van der Waals surface area contributed by atoms with Gasteiger partial charge in [0.2, 0.25) is 5.91 Å². The van der Waals surface area contributed by atoms with E-state index in [1.54, 1.807) is 18.2 Å². The third-order valence-electron chi connectivity index (χ3n) is 5.17. The number of fused-ring (bicyclic) bond motifs is 1. The number of ether oxygens (including phenoxy) is 1. The summed E-state index contributed by atoms with van der Waals surface area (Å²) in [6.07, 6.45) is 2.60. The summed E-state index contributed by atoms with van der Waals surface area (Å²) in [5, 5.41) is 12.8. The van der Waals surface area contributed by atoms with Gasteiger partial charge in [-0.2, -0.15) is 0 Å². The van der Waals surface area contributed by atoms with Crippen molar-refractivity contribution in [3.05, 3.63) is 23.2 Å². The molecule has 0 spiro atoms. The van der Waals surface area contributed by atoms with Gasteiger partial charge in [-0.25, -0.2) is 0 Å². The first-order chi connectivity index (χ1) is 11.4. The molecular weight excluding hydrogens is 367 g/mol. The van der Waals surface area contributed by atoms with E-state index >= 15 is 0 Å². The Hall–Kier alpha value is -1.50. The van der Waals surface area contributed by atoms with Gasteiger partial charge >= 0.3 is 5.97 Å². The molecule has 2 aliphatic rings. The standard InChI is InChI=1S/C17H21ClN2O4.ClH/c1-24-14-5-4-12(7-13(14)18)19-15(21)9-20-8-11-3-2-6-17(11,10-20)16(22)23;/h4-5,7,11H,2-3,6,8-10H2,1H3,(H,19,21)(H,22,23);1H/t11-,17+;/m0./s1. The number of carbonyl (C=O) groups excluding carboxylic acids is 1. The number of likely N-dealkylation sites (tertiary alicyclic amines) is 1. The Labute approximate surface area is 157 Å². The van der Waals surface area contributed by atoms with Crippen molar-refractivity contribution in [2.45, 2.75) is 19.3 Å². The van der Waals surface area contributed by atoms with E-state index in [1.165, 1.54) is 7.11 Å². The topological polar surface area (TPSA) is 78.9 Å². The normalized spacial score (nSPS) is 25.1. The highest BCUT2D eigenvalue weighted by Crippen LogP contribution is 2.48. The SMILES string of the molecule is COc1ccc(NC(=O)CN2C[C@@H]3CCC[C@@]3(C(=O)O)C2)cc1Cl.Cl. The number of carbonyl (C=O) groups is 2. The molecule has 8 heteroatoms. The average molecular weight is 389 g/mol. The van der Waals surface area contributed by atoms with E-state index in [0.29, 0.717) is 36.0 Å². The number of anilines is 1. The Morgan fingerprint density at radius 3 is 2.84 bits per heavy atom. The maximum Gasteiger partial charge on any atom is 0.311 e. The van der Waals surface area contributed by atoms with Crippen LogP contribution in [0.1, 0.15) is 19.3 Å². The van der Waals surface area contributed by atoms with Gasteiger partial charge in [0, 0.05) is 18.8 Å². The summed E-state index contributed by atoms with van der Waals surface area (Å²) in [6.45, 7) is 1.31. The summed E-state index contributed by atoms with van der Waals surface area (Å²) in [5.74, 6) is -0.199. The highest BCUT2D eigenvalue weighted by molar-refractivity contribution is 6.32. The van der Waals surface area contributed by atoms with E-state index in [9.17, 15) is 14.7 Å². The Balaban J connectivity index is 0.00000225. The highest BCUT2D eigenvalue weighted by atomic mass is 35.5. The largest absolute Gasteiger partial charge is 0.495 e. The zero-order chi connectivity index (χ0) is 17.3. The van der Waals surface area contributed by atoms with Crippen molar-refractivity contribution in [3.63, 3.8) is 0 Å². The molecule has 0 unspecified atom stereocenters. The first kappa shape index (κ1) is 19.8. The lowest BCUT2D eigenvalue weighted by atomic mass is 9.81. The minimum atomic E-state index is -0.727. The molecule has 3 rings (SSSR count). The van der Waals surface area contributed by atoms with E-state index in [1.807, 2.05) is 4.90 Å². The zero-order valence-electron chi connectivity index (χ0n) is 14.0. The molecule has 138 valence electrons. The minimum Gasteiger partial charge on any atom is -0.495 e. The van der Waals surface area contributed by atoms with Gasteiger partial charge < -0.3 is 15.2 Å². The fraction of sp³-hybridized carbons (Fsp3) is 0.529. The molecule has 0 bridgehead atoms. The maximum absolute atomic E-state index is 12.3. The van der Waals surface area contributed by atoms with Crippen LogP contribution in [0.5, 0.6) is 5.75 Å². The number of carboxylic acid groups (broad SMARTS) is 1. The number of benzene rings is 1. The molecule has 25 heavy (non-hydrogen) atoms. The lowest BCUT2D eigenvalue weighted by Crippen LogP contribution is -2.37. The summed E-state index contributed by atoms with van der Waals surface area (Å²) in [6, 6.07) is 5.05. The number of aliphatic carboxylic acids is 1. The van der Waals surface area contributed by atoms with Crippen LogP contribution in [-0.2, 0) is 9.59 Å². The fourth-order valence-corrected chi connectivity index (χ4v) is 4.27. The molecule has 2 N–H and O–H groups in total. The predicted molar refractivity (Wildman–Crippen MR) is 97.7 cm³/mol. The van der Waals surface area contributed by atoms with Crippen LogP contribution in [-0.4, -0.2) is 48.6 Å². The van der Waals surface area contributed by atoms with Crippen LogP contribution in [0.4, 0.5) is 5.69 Å². The van der Waals surface area contributed by atoms with Crippen molar-refractivity contribution >= 4 is 41.6 Å². The van der Waals surface area contributed by atoms with Gasteiger partial charge in [0.25, 0.3) is 0 Å². The van der Waals surface area contributed by atoms with Gasteiger partial charge in [-0.05, 0) is 37.0 Å². The molecule has 0 radical (unpaired) electrons. The molecule has 1 aromatic carbocycles. The number of nitrogens with one attached hydrogen (secondary N) is 1. The van der Waals surface area contributed by atoms with Crippen LogP contribution in [0.25, 0.3) is 0 Å². The van der Waals surface area contributed by atoms with Crippen LogP contribution in [0, 0.1) is 11.3 Å². The van der Waals surface area contributed by atoms with Crippen molar-refractivity contribution in [2.24, 2.45) is 11.3 Å². The second-order valence-corrected chi connectivity index (χ2v) is 7.02. The molecule has 2 atom stereocenters. The molecule has 1 saturated heterocycles. The molecule has 1 aliphatic carbocycles. The number of halogens is 2. The number of nitrogens with zero attached hydrogens (tertiary/aromatic N) is 1. The van der Waals surface area contributed by atoms with Gasteiger partial charge in [0.1, 0.15) is 5.75 Å². The van der Waals surface area contributed by atoms with Gasteiger partial charge in [-0.3, -0.25) is 14.5 Å². The summed E-state index contributed by atoms with van der Waals surface area (Å²) >= 11 is 6.05. The van der Waals surface area contributed by atoms with E-state index in [0.717, 1.165) is 12.8 Å². The molecule has 1 aromatic rings. The lowest BCUT2D eigenvalue weighted by molar-refractivity contribution is -0.149. The second-order valence-electron chi connectivity index (χ2n) is 6.62. The van der Waals surface area contributed by atoms with E-state index in [2.05, 4.69) is 5.32 Å². The number of hydrogen-bond acceptors (Lipinski definition) is 4. The quantitative estimate of drug-likeness (QED) is 0.810. The molecule has 1 saturated carbocycles. The number of methoxy groups -OCH3 is 1. The van der Waals surface area contributed by atoms with Crippen LogP contribution in [0.3, 0.4) is 0 Å². The average Bonchev–Trinajstić information content (AvgIpc) is 3.05. The number of carboxylic acids is 1. The Morgan fingerprint density at radius 1 is 1.48 bits per heavy atom. The summed E-state index contributed by atoms with van der Waals surface area (Å²) < 4.78 is 5.08. The van der Waals surface area contributed by atoms with E-state index in [-0.39, 0.29) is 30.8 Å². The molecule has 1 heterocycles. The first-order valence-electron chi connectivity index (χ1n) is 8.04. The Morgan fingerprint density at radius 2 is 2.24 bits per heavy atom. The maximum atomic E-state index is 12.3. The monoisotopic (exact) mass is 388 g/mol. The third kappa shape index (κ3) is 3.86. The molecule has 6 nitrogen and oxygen atoms in total. The molecule has 1 aliphatic heterocycles. The van der Waals surface area contributed by atoms with Crippen LogP contribution < -0.4 is 10.1 Å². The van der Waals surface area contributed by atoms with Crippen molar-refractivity contribution < 1.29 is 19.4 Å². The van der Waals surface area contributed by atoms with Gasteiger partial charge in [0.15, 0.2) is 0 Å². The zero-order valence-corrected chi connectivity index (χ0v) is 15.5. The van der Waals surface area contributed by atoms with Crippen molar-refractivity contribution in [1.29, 1.82) is 0 Å². The molecule has 0 aromatic heterocycles. The second kappa shape index (κ2) is 7.81. The molecule has 1 amide bonds. The van der Waals surface area contributed by atoms with E-state index < -0.39 is 11.4 Å². The fourth-order valence-electron chi connectivity index (χ4n) is 4.01. The Kier molecular flexibility index (Phi) is 6.19. The minimum absolute atomic E-state index is 0. The van der Waals surface area contributed by atoms with Crippen LogP contribution >= 0.6 is 24.0 Å². The lowest BCUT2D eigenvalue weighted by Gasteiger charge is -2.23. The molecule has 2 fully saturated rings. The summed E-state index contributed by atoms with van der Waals surface area (Å²) in [4.78, 5) is 25.9. The van der Waals surface area contributed by atoms with Gasteiger partial charge in [-0.1, -0.05) is 18.0 Å². The van der Waals surface area contributed by atoms with Gasteiger partial charge in [-0.15, -0.1) is 12.4 Å². The first-order valence-corrected chi connectivity index (χ1v) is 8.41. The number of hydrogen-bond donors (Lipinski definition) is 2. The van der Waals surface area contributed by atoms with Crippen molar-refractivity contribution in [1.82, 2.24) is 4.90 Å².